The van der Waals surface area contributed by atoms with Crippen LogP contribution in [0.3, 0.4) is 0 Å². The minimum absolute atomic E-state index is 0.0252. The zero-order chi connectivity index (χ0) is 11.4. The van der Waals surface area contributed by atoms with Crippen LogP contribution in [-0.2, 0) is 4.79 Å². The number of hydrogen-bond acceptors (Lipinski definition) is 2. The Bertz CT molecular complexity index is 208. The topological polar surface area (TPSA) is 40.5 Å². The molecule has 1 amide bonds. The normalized spacial score (nSPS) is 20.7. The standard InChI is InChI=1S/C12H23NO2/c1-9(2)11(8-14)12(15)13-6-4-10(3)5-7-13/h9-11,14H,4-8H2,1-3H3. The molecule has 1 rings (SSSR count). The van der Waals surface area contributed by atoms with Gasteiger partial charge in [0.1, 0.15) is 0 Å². The van der Waals surface area contributed by atoms with E-state index in [4.69, 9.17) is 0 Å². The van der Waals surface area contributed by atoms with Crippen LogP contribution in [-0.4, -0.2) is 35.6 Å². The van der Waals surface area contributed by atoms with Gasteiger partial charge in [-0.3, -0.25) is 4.79 Å². The highest BCUT2D eigenvalue weighted by molar-refractivity contribution is 5.79. The molecule has 0 bridgehead atoms. The quantitative estimate of drug-likeness (QED) is 0.772. The number of piperidine rings is 1. The minimum Gasteiger partial charge on any atom is -0.396 e. The van der Waals surface area contributed by atoms with Crippen molar-refractivity contribution >= 4 is 5.91 Å². The van der Waals surface area contributed by atoms with Crippen molar-refractivity contribution in [2.45, 2.75) is 33.6 Å². The molecule has 3 heteroatoms. The maximum atomic E-state index is 12.0. The molecule has 1 unspecified atom stereocenters. The highest BCUT2D eigenvalue weighted by Crippen LogP contribution is 2.20. The van der Waals surface area contributed by atoms with Crippen molar-refractivity contribution in [1.29, 1.82) is 0 Å². The Labute approximate surface area is 92.5 Å². The molecule has 0 spiro atoms. The van der Waals surface area contributed by atoms with Crippen LogP contribution < -0.4 is 0 Å². The largest absolute Gasteiger partial charge is 0.396 e. The number of nitrogens with zero attached hydrogens (tertiary/aromatic N) is 1. The summed E-state index contributed by atoms with van der Waals surface area (Å²) in [6, 6.07) is 0. The Morgan fingerprint density at radius 1 is 1.40 bits per heavy atom. The third-order valence-corrected chi connectivity index (χ3v) is 3.41. The second-order valence-electron chi connectivity index (χ2n) is 5.04. The van der Waals surface area contributed by atoms with E-state index < -0.39 is 0 Å². The summed E-state index contributed by atoms with van der Waals surface area (Å²) in [5.74, 6) is 0.889. The SMILES string of the molecule is CC1CCN(C(=O)C(CO)C(C)C)CC1. The molecule has 3 nitrogen and oxygen atoms in total. The monoisotopic (exact) mass is 213 g/mol. The first-order valence-corrected chi connectivity index (χ1v) is 5.96. The van der Waals surface area contributed by atoms with E-state index in [9.17, 15) is 9.90 Å². The Morgan fingerprint density at radius 3 is 2.33 bits per heavy atom. The van der Waals surface area contributed by atoms with E-state index >= 15 is 0 Å². The zero-order valence-electron chi connectivity index (χ0n) is 10.1. The summed E-state index contributed by atoms with van der Waals surface area (Å²) in [5, 5.41) is 9.20. The van der Waals surface area contributed by atoms with Crippen LogP contribution in [0.1, 0.15) is 33.6 Å². The lowest BCUT2D eigenvalue weighted by Gasteiger charge is -2.33. The summed E-state index contributed by atoms with van der Waals surface area (Å²) in [4.78, 5) is 14.0. The lowest BCUT2D eigenvalue weighted by atomic mass is 9.93. The van der Waals surface area contributed by atoms with Crippen molar-refractivity contribution < 1.29 is 9.90 Å². The van der Waals surface area contributed by atoms with Crippen LogP contribution in [0, 0.1) is 17.8 Å². The number of hydrogen-bond donors (Lipinski definition) is 1. The number of likely N-dealkylation sites (tertiary alicyclic amines) is 1. The van der Waals surface area contributed by atoms with E-state index in [0.29, 0.717) is 0 Å². The molecule has 88 valence electrons. The third kappa shape index (κ3) is 3.20. The summed E-state index contributed by atoms with van der Waals surface area (Å²) in [6.45, 7) is 7.92. The fraction of sp³-hybridized carbons (Fsp3) is 0.917. The van der Waals surface area contributed by atoms with Crippen molar-refractivity contribution in [2.24, 2.45) is 17.8 Å². The maximum Gasteiger partial charge on any atom is 0.228 e. The fourth-order valence-electron chi connectivity index (χ4n) is 2.04. The van der Waals surface area contributed by atoms with E-state index in [1.165, 1.54) is 0 Å². The molecule has 1 aliphatic rings. The molecule has 1 aliphatic heterocycles. The highest BCUT2D eigenvalue weighted by Gasteiger charge is 2.28. The van der Waals surface area contributed by atoms with E-state index in [1.54, 1.807) is 0 Å². The molecule has 0 aromatic rings. The number of aliphatic hydroxyl groups is 1. The molecule has 1 N–H and O–H groups in total. The van der Waals surface area contributed by atoms with Gasteiger partial charge in [0.25, 0.3) is 0 Å². The Hall–Kier alpha value is -0.570. The van der Waals surface area contributed by atoms with Crippen LogP contribution >= 0.6 is 0 Å². The van der Waals surface area contributed by atoms with Crippen molar-refractivity contribution in [3.8, 4) is 0 Å². The van der Waals surface area contributed by atoms with E-state index in [-0.39, 0.29) is 24.3 Å². The molecule has 15 heavy (non-hydrogen) atoms. The smallest absolute Gasteiger partial charge is 0.228 e. The second kappa shape index (κ2) is 5.50. The first-order valence-electron chi connectivity index (χ1n) is 5.96. The molecule has 0 aromatic carbocycles. The average Bonchev–Trinajstić information content (AvgIpc) is 2.19. The van der Waals surface area contributed by atoms with Crippen LogP contribution in [0.4, 0.5) is 0 Å². The summed E-state index contributed by atoms with van der Waals surface area (Å²) in [7, 11) is 0. The van der Waals surface area contributed by atoms with Crippen LogP contribution in [0.25, 0.3) is 0 Å². The van der Waals surface area contributed by atoms with Gasteiger partial charge in [0.05, 0.1) is 12.5 Å². The number of amides is 1. The Morgan fingerprint density at radius 2 is 1.93 bits per heavy atom. The molecular weight excluding hydrogens is 190 g/mol. The Kier molecular flexibility index (Phi) is 4.58. The van der Waals surface area contributed by atoms with E-state index in [2.05, 4.69) is 6.92 Å². The Balaban J connectivity index is 2.52. The third-order valence-electron chi connectivity index (χ3n) is 3.41. The lowest BCUT2D eigenvalue weighted by molar-refractivity contribution is -0.139. The second-order valence-corrected chi connectivity index (χ2v) is 5.04. The molecule has 0 saturated carbocycles. The molecule has 0 aliphatic carbocycles. The van der Waals surface area contributed by atoms with Gasteiger partial charge in [-0.25, -0.2) is 0 Å². The highest BCUT2D eigenvalue weighted by atomic mass is 16.3. The molecular formula is C12H23NO2. The van der Waals surface area contributed by atoms with Gasteiger partial charge in [-0.2, -0.15) is 0 Å². The molecule has 0 aromatic heterocycles. The van der Waals surface area contributed by atoms with Gasteiger partial charge in [-0.1, -0.05) is 20.8 Å². The van der Waals surface area contributed by atoms with Gasteiger partial charge >= 0.3 is 0 Å². The summed E-state index contributed by atoms with van der Waals surface area (Å²) < 4.78 is 0. The number of rotatable bonds is 3. The van der Waals surface area contributed by atoms with E-state index in [1.807, 2.05) is 18.7 Å². The van der Waals surface area contributed by atoms with Crippen LogP contribution in [0.2, 0.25) is 0 Å². The predicted molar refractivity (Wildman–Crippen MR) is 60.4 cm³/mol. The molecule has 0 radical (unpaired) electrons. The van der Waals surface area contributed by atoms with Crippen LogP contribution in [0.5, 0.6) is 0 Å². The van der Waals surface area contributed by atoms with Crippen molar-refractivity contribution in [3.05, 3.63) is 0 Å². The minimum atomic E-state index is -0.210. The maximum absolute atomic E-state index is 12.0. The van der Waals surface area contributed by atoms with Crippen molar-refractivity contribution in [2.75, 3.05) is 19.7 Å². The van der Waals surface area contributed by atoms with Crippen molar-refractivity contribution in [3.63, 3.8) is 0 Å². The van der Waals surface area contributed by atoms with Gasteiger partial charge in [-0.15, -0.1) is 0 Å². The molecule has 1 fully saturated rings. The number of carbonyl (C=O) groups excluding carboxylic acids is 1. The number of aliphatic hydroxyl groups excluding tert-OH is 1. The van der Waals surface area contributed by atoms with Crippen LogP contribution in [0.15, 0.2) is 0 Å². The predicted octanol–water partition coefficient (Wildman–Crippen LogP) is 1.51. The summed E-state index contributed by atoms with van der Waals surface area (Å²) >= 11 is 0. The molecule has 1 heterocycles. The summed E-state index contributed by atoms with van der Waals surface area (Å²) in [5.41, 5.74) is 0. The average molecular weight is 213 g/mol. The van der Waals surface area contributed by atoms with Gasteiger partial charge < -0.3 is 10.0 Å². The first-order chi connectivity index (χ1) is 7.06. The van der Waals surface area contributed by atoms with Gasteiger partial charge in [0.2, 0.25) is 5.91 Å². The van der Waals surface area contributed by atoms with Gasteiger partial charge in [0.15, 0.2) is 0 Å². The molecule has 1 saturated heterocycles. The molecule has 1 atom stereocenters. The number of carbonyl (C=O) groups is 1. The van der Waals surface area contributed by atoms with Gasteiger partial charge in [-0.05, 0) is 24.7 Å². The van der Waals surface area contributed by atoms with Gasteiger partial charge in [0, 0.05) is 13.1 Å². The van der Waals surface area contributed by atoms with Crippen molar-refractivity contribution in [1.82, 2.24) is 4.90 Å². The zero-order valence-corrected chi connectivity index (χ0v) is 10.1. The summed E-state index contributed by atoms with van der Waals surface area (Å²) in [6.07, 6.45) is 2.20. The lowest BCUT2D eigenvalue weighted by Crippen LogP contribution is -2.43. The first kappa shape index (κ1) is 12.5. The fourth-order valence-corrected chi connectivity index (χ4v) is 2.04. The van der Waals surface area contributed by atoms with E-state index in [0.717, 1.165) is 31.8 Å².